The SMILES string of the molecule is COc1cc(Nc2ccc(N)cc2I)c(Br)cc1Br. The summed E-state index contributed by atoms with van der Waals surface area (Å²) in [6.07, 6.45) is 0. The number of nitrogens with two attached hydrogens (primary N) is 1. The van der Waals surface area contributed by atoms with Crippen LogP contribution in [0, 0.1) is 3.57 Å². The minimum absolute atomic E-state index is 0.752. The van der Waals surface area contributed by atoms with Crippen molar-refractivity contribution in [1.82, 2.24) is 0 Å². The number of methoxy groups -OCH3 is 1. The Labute approximate surface area is 142 Å². The fourth-order valence-electron chi connectivity index (χ4n) is 1.56. The number of benzene rings is 2. The molecule has 0 aromatic heterocycles. The third kappa shape index (κ3) is 3.55. The molecule has 0 saturated heterocycles. The van der Waals surface area contributed by atoms with Gasteiger partial charge < -0.3 is 15.8 Å². The van der Waals surface area contributed by atoms with E-state index in [-0.39, 0.29) is 0 Å². The van der Waals surface area contributed by atoms with Crippen LogP contribution in [0.5, 0.6) is 5.75 Å². The number of nitrogens with one attached hydrogen (secondary N) is 1. The minimum atomic E-state index is 0.752. The van der Waals surface area contributed by atoms with Crippen molar-refractivity contribution < 1.29 is 4.74 Å². The molecule has 0 saturated carbocycles. The Balaban J connectivity index is 2.37. The molecule has 0 fully saturated rings. The predicted molar refractivity (Wildman–Crippen MR) is 95.2 cm³/mol. The van der Waals surface area contributed by atoms with Gasteiger partial charge in [-0.3, -0.25) is 0 Å². The van der Waals surface area contributed by atoms with E-state index in [4.69, 9.17) is 10.5 Å². The molecule has 6 heteroatoms. The van der Waals surface area contributed by atoms with E-state index < -0.39 is 0 Å². The summed E-state index contributed by atoms with van der Waals surface area (Å²) in [5, 5.41) is 3.36. The number of hydrogen-bond donors (Lipinski definition) is 2. The maximum Gasteiger partial charge on any atom is 0.135 e. The predicted octanol–water partition coefficient (Wildman–Crippen LogP) is 5.15. The molecule has 100 valence electrons. The fourth-order valence-corrected chi connectivity index (χ4v) is 3.49. The lowest BCUT2D eigenvalue weighted by Crippen LogP contribution is -1.96. The van der Waals surface area contributed by atoms with E-state index >= 15 is 0 Å². The van der Waals surface area contributed by atoms with E-state index in [1.54, 1.807) is 7.11 Å². The molecule has 0 radical (unpaired) electrons. The van der Waals surface area contributed by atoms with Crippen molar-refractivity contribution in [2.75, 3.05) is 18.2 Å². The number of anilines is 3. The zero-order chi connectivity index (χ0) is 14.0. The van der Waals surface area contributed by atoms with Crippen LogP contribution >= 0.6 is 54.5 Å². The molecule has 3 nitrogen and oxygen atoms in total. The number of ether oxygens (including phenoxy) is 1. The Morgan fingerprint density at radius 2 is 1.84 bits per heavy atom. The quantitative estimate of drug-likeness (QED) is 0.455. The summed E-state index contributed by atoms with van der Waals surface area (Å²) in [5.41, 5.74) is 8.43. The van der Waals surface area contributed by atoms with Gasteiger partial charge in [-0.2, -0.15) is 0 Å². The topological polar surface area (TPSA) is 47.3 Å². The van der Waals surface area contributed by atoms with Crippen molar-refractivity contribution in [2.24, 2.45) is 0 Å². The third-order valence-corrected chi connectivity index (χ3v) is 4.67. The van der Waals surface area contributed by atoms with Gasteiger partial charge in [-0.1, -0.05) is 0 Å². The molecular weight excluding hydrogens is 487 g/mol. The molecule has 0 aliphatic rings. The lowest BCUT2D eigenvalue weighted by Gasteiger charge is -2.13. The van der Waals surface area contributed by atoms with Crippen LogP contribution < -0.4 is 15.8 Å². The second-order valence-corrected chi connectivity index (χ2v) is 6.70. The summed E-state index contributed by atoms with van der Waals surface area (Å²) >= 11 is 9.23. The molecule has 2 rings (SSSR count). The van der Waals surface area contributed by atoms with Gasteiger partial charge in [0.1, 0.15) is 5.75 Å². The summed E-state index contributed by atoms with van der Waals surface area (Å²) < 4.78 is 8.21. The molecule has 0 unspecified atom stereocenters. The maximum atomic E-state index is 5.75. The van der Waals surface area contributed by atoms with Gasteiger partial charge in [0, 0.05) is 19.8 Å². The van der Waals surface area contributed by atoms with Gasteiger partial charge in [0.2, 0.25) is 0 Å². The summed E-state index contributed by atoms with van der Waals surface area (Å²) in [6, 6.07) is 9.63. The molecular formula is C13H11Br2IN2O. The standard InChI is InChI=1S/C13H11Br2IN2O/c1-19-13-6-12(8(14)5-9(13)15)18-11-3-2-7(17)4-10(11)16/h2-6,18H,17H2,1H3. The van der Waals surface area contributed by atoms with E-state index in [9.17, 15) is 0 Å². The first-order valence-electron chi connectivity index (χ1n) is 5.36. The summed E-state index contributed by atoms with van der Waals surface area (Å²) in [5.74, 6) is 0.774. The van der Waals surface area contributed by atoms with Crippen molar-refractivity contribution >= 4 is 71.5 Å². The molecule has 0 spiro atoms. The molecule has 0 aliphatic heterocycles. The first kappa shape index (κ1) is 14.9. The Bertz CT molecular complexity index is 620. The zero-order valence-electron chi connectivity index (χ0n) is 10.0. The molecule has 0 atom stereocenters. The average molecular weight is 498 g/mol. The Kier molecular flexibility index (Phi) is 4.97. The highest BCUT2D eigenvalue weighted by Crippen LogP contribution is 2.36. The first-order chi connectivity index (χ1) is 9.01. The summed E-state index contributed by atoms with van der Waals surface area (Å²) in [4.78, 5) is 0. The lowest BCUT2D eigenvalue weighted by molar-refractivity contribution is 0.412. The third-order valence-electron chi connectivity index (χ3n) is 2.50. The van der Waals surface area contributed by atoms with Crippen LogP contribution in [-0.2, 0) is 0 Å². The van der Waals surface area contributed by atoms with E-state index in [1.807, 2.05) is 30.3 Å². The van der Waals surface area contributed by atoms with Gasteiger partial charge in [-0.15, -0.1) is 0 Å². The van der Waals surface area contributed by atoms with Gasteiger partial charge >= 0.3 is 0 Å². The normalized spacial score (nSPS) is 10.3. The van der Waals surface area contributed by atoms with Gasteiger partial charge in [-0.05, 0) is 78.7 Å². The van der Waals surface area contributed by atoms with Crippen LogP contribution in [0.4, 0.5) is 17.1 Å². The van der Waals surface area contributed by atoms with Crippen LogP contribution in [0.3, 0.4) is 0 Å². The molecule has 0 bridgehead atoms. The highest BCUT2D eigenvalue weighted by molar-refractivity contribution is 14.1. The van der Waals surface area contributed by atoms with Crippen molar-refractivity contribution in [1.29, 1.82) is 0 Å². The molecule has 0 heterocycles. The number of hydrogen-bond acceptors (Lipinski definition) is 3. The number of rotatable bonds is 3. The highest BCUT2D eigenvalue weighted by Gasteiger charge is 2.09. The smallest absolute Gasteiger partial charge is 0.135 e. The fraction of sp³-hybridized carbons (Fsp3) is 0.0769. The zero-order valence-corrected chi connectivity index (χ0v) is 15.3. The van der Waals surface area contributed by atoms with E-state index in [2.05, 4.69) is 59.8 Å². The molecule has 0 amide bonds. The largest absolute Gasteiger partial charge is 0.495 e. The lowest BCUT2D eigenvalue weighted by atomic mass is 10.2. The summed E-state index contributed by atoms with van der Waals surface area (Å²) in [7, 11) is 1.64. The minimum Gasteiger partial charge on any atom is -0.495 e. The molecule has 19 heavy (non-hydrogen) atoms. The summed E-state index contributed by atoms with van der Waals surface area (Å²) in [6.45, 7) is 0. The number of halogens is 3. The Hall–Kier alpha value is -0.470. The van der Waals surface area contributed by atoms with Crippen LogP contribution in [0.1, 0.15) is 0 Å². The van der Waals surface area contributed by atoms with E-state index in [0.29, 0.717) is 0 Å². The van der Waals surface area contributed by atoms with Crippen molar-refractivity contribution in [3.05, 3.63) is 42.8 Å². The Morgan fingerprint density at radius 3 is 2.47 bits per heavy atom. The monoisotopic (exact) mass is 496 g/mol. The number of nitrogen functional groups attached to an aromatic ring is 1. The first-order valence-corrected chi connectivity index (χ1v) is 8.03. The second-order valence-electron chi connectivity index (χ2n) is 3.83. The van der Waals surface area contributed by atoms with Gasteiger partial charge in [0.25, 0.3) is 0 Å². The van der Waals surface area contributed by atoms with Crippen LogP contribution in [0.2, 0.25) is 0 Å². The van der Waals surface area contributed by atoms with Crippen LogP contribution in [0.25, 0.3) is 0 Å². The molecule has 3 N–H and O–H groups in total. The average Bonchev–Trinajstić information content (AvgIpc) is 2.35. The van der Waals surface area contributed by atoms with Gasteiger partial charge in [0.15, 0.2) is 0 Å². The van der Waals surface area contributed by atoms with E-state index in [1.165, 1.54) is 0 Å². The molecule has 0 aliphatic carbocycles. The van der Waals surface area contributed by atoms with Gasteiger partial charge in [-0.25, -0.2) is 0 Å². The van der Waals surface area contributed by atoms with Crippen molar-refractivity contribution in [3.8, 4) is 5.75 Å². The maximum absolute atomic E-state index is 5.75. The van der Waals surface area contributed by atoms with Crippen molar-refractivity contribution in [3.63, 3.8) is 0 Å². The molecule has 2 aromatic carbocycles. The highest BCUT2D eigenvalue weighted by atomic mass is 127. The van der Waals surface area contributed by atoms with Crippen LogP contribution in [-0.4, -0.2) is 7.11 Å². The second kappa shape index (κ2) is 6.32. The van der Waals surface area contributed by atoms with Crippen molar-refractivity contribution in [2.45, 2.75) is 0 Å². The Morgan fingerprint density at radius 1 is 1.11 bits per heavy atom. The molecule has 2 aromatic rings. The van der Waals surface area contributed by atoms with E-state index in [0.717, 1.165) is 35.3 Å². The van der Waals surface area contributed by atoms with Gasteiger partial charge in [0.05, 0.1) is 23.0 Å². The van der Waals surface area contributed by atoms with Crippen LogP contribution in [0.15, 0.2) is 39.3 Å².